The number of aryl methyl sites for hydroxylation is 2. The molecule has 1 aliphatic heterocycles. The van der Waals surface area contributed by atoms with Crippen LogP contribution >= 0.6 is 0 Å². The molecule has 7 nitrogen and oxygen atoms in total. The van der Waals surface area contributed by atoms with Gasteiger partial charge < -0.3 is 4.74 Å². The summed E-state index contributed by atoms with van der Waals surface area (Å²) in [4.78, 5) is 28.7. The number of ketones is 1. The molecule has 1 N–H and O–H groups in total. The summed E-state index contributed by atoms with van der Waals surface area (Å²) in [5, 5.41) is 0. The first-order chi connectivity index (χ1) is 14.4. The van der Waals surface area contributed by atoms with Crippen LogP contribution in [0.3, 0.4) is 0 Å². The van der Waals surface area contributed by atoms with E-state index in [0.717, 1.165) is 19.3 Å². The average molecular weight is 426 g/mol. The highest BCUT2D eigenvalue weighted by Gasteiger charge is 2.29. The van der Waals surface area contributed by atoms with Gasteiger partial charge in [0.15, 0.2) is 12.4 Å². The minimum Gasteiger partial charge on any atom is -0.457 e. The monoisotopic (exact) mass is 426 g/mol. The lowest BCUT2D eigenvalue weighted by atomic mass is 10.0. The number of esters is 1. The van der Waals surface area contributed by atoms with Crippen LogP contribution in [0.25, 0.3) is 0 Å². The standard InChI is InChI=1S/C22H22N2O5S/c25-19(17-11-10-15-5-3-6-16(15)13-17)14-29-21(26)9-4-12-23-22-18-7-1-2-8-20(18)30(27,28)24-22/h1-2,7-8,10-11,13H,3-6,9,12,14H2,(H,23,24). The highest BCUT2D eigenvalue weighted by atomic mass is 32.2. The van der Waals surface area contributed by atoms with Gasteiger partial charge in [0.2, 0.25) is 0 Å². The number of hydrogen-bond donors (Lipinski definition) is 1. The Bertz CT molecular complexity index is 1140. The SMILES string of the molecule is O=C(CCCN=C1NS(=O)(=O)c2ccccc21)OCC(=O)c1ccc2c(c1)CCC2. The first-order valence-electron chi connectivity index (χ1n) is 9.91. The molecular weight excluding hydrogens is 404 g/mol. The number of nitrogens with zero attached hydrogens (tertiary/aromatic N) is 1. The third-order valence-electron chi connectivity index (χ3n) is 5.26. The minimum atomic E-state index is -3.57. The molecule has 1 heterocycles. The Morgan fingerprint density at radius 2 is 1.87 bits per heavy atom. The molecule has 0 atom stereocenters. The average Bonchev–Trinajstić information content (AvgIpc) is 3.31. The van der Waals surface area contributed by atoms with Gasteiger partial charge in [0.05, 0.1) is 4.90 Å². The number of hydrogen-bond acceptors (Lipinski definition) is 6. The van der Waals surface area contributed by atoms with E-state index < -0.39 is 16.0 Å². The van der Waals surface area contributed by atoms with E-state index in [9.17, 15) is 18.0 Å². The molecule has 1 aliphatic carbocycles. The van der Waals surface area contributed by atoms with Crippen LogP contribution in [-0.4, -0.2) is 39.2 Å². The van der Waals surface area contributed by atoms with E-state index in [-0.39, 0.29) is 36.1 Å². The maximum Gasteiger partial charge on any atom is 0.306 e. The van der Waals surface area contributed by atoms with Gasteiger partial charge in [0.25, 0.3) is 10.0 Å². The molecule has 156 valence electrons. The fourth-order valence-corrected chi connectivity index (χ4v) is 4.96. The number of Topliss-reactive ketones (excluding diaryl/α,β-unsaturated/α-hetero) is 1. The Kier molecular flexibility index (Phi) is 5.67. The molecule has 2 aliphatic rings. The summed E-state index contributed by atoms with van der Waals surface area (Å²) in [6.07, 6.45) is 3.64. The number of aliphatic imine (C=N–C) groups is 1. The van der Waals surface area contributed by atoms with Crippen molar-refractivity contribution in [1.29, 1.82) is 0 Å². The number of amidine groups is 1. The predicted molar refractivity (Wildman–Crippen MR) is 111 cm³/mol. The normalized spacial score (nSPS) is 17.3. The summed E-state index contributed by atoms with van der Waals surface area (Å²) in [5.74, 6) is -0.405. The lowest BCUT2D eigenvalue weighted by Gasteiger charge is -2.06. The second-order valence-corrected chi connectivity index (χ2v) is 9.01. The molecule has 0 aromatic heterocycles. The summed E-state index contributed by atoms with van der Waals surface area (Å²) >= 11 is 0. The highest BCUT2D eigenvalue weighted by molar-refractivity contribution is 7.90. The van der Waals surface area contributed by atoms with Crippen molar-refractivity contribution in [2.75, 3.05) is 13.2 Å². The number of carbonyl (C=O) groups is 2. The van der Waals surface area contributed by atoms with Crippen LogP contribution in [0.2, 0.25) is 0 Å². The van der Waals surface area contributed by atoms with Crippen LogP contribution in [0.15, 0.2) is 52.4 Å². The maximum absolute atomic E-state index is 12.3. The van der Waals surface area contributed by atoms with Crippen molar-refractivity contribution in [2.45, 2.75) is 37.0 Å². The quantitative estimate of drug-likeness (QED) is 0.416. The van der Waals surface area contributed by atoms with Crippen LogP contribution in [0.4, 0.5) is 0 Å². The Hall–Kier alpha value is -3.00. The van der Waals surface area contributed by atoms with Gasteiger partial charge in [-0.25, -0.2) is 8.42 Å². The highest BCUT2D eigenvalue weighted by Crippen LogP contribution is 2.23. The first-order valence-corrected chi connectivity index (χ1v) is 11.4. The van der Waals surface area contributed by atoms with Gasteiger partial charge in [-0.05, 0) is 55.0 Å². The summed E-state index contributed by atoms with van der Waals surface area (Å²) < 4.78 is 31.6. The summed E-state index contributed by atoms with van der Waals surface area (Å²) in [5.41, 5.74) is 3.59. The van der Waals surface area contributed by atoms with Gasteiger partial charge in [-0.1, -0.05) is 24.3 Å². The van der Waals surface area contributed by atoms with Crippen molar-refractivity contribution in [3.8, 4) is 0 Å². The Morgan fingerprint density at radius 3 is 2.73 bits per heavy atom. The zero-order valence-electron chi connectivity index (χ0n) is 16.4. The van der Waals surface area contributed by atoms with Gasteiger partial charge >= 0.3 is 5.97 Å². The molecule has 2 aromatic rings. The Balaban J connectivity index is 1.24. The number of benzene rings is 2. The van der Waals surface area contributed by atoms with Gasteiger partial charge in [-0.2, -0.15) is 0 Å². The van der Waals surface area contributed by atoms with Crippen molar-refractivity contribution < 1.29 is 22.7 Å². The molecule has 8 heteroatoms. The van der Waals surface area contributed by atoms with Crippen molar-refractivity contribution in [3.63, 3.8) is 0 Å². The van der Waals surface area contributed by atoms with Crippen molar-refractivity contribution in [2.24, 2.45) is 4.99 Å². The van der Waals surface area contributed by atoms with Gasteiger partial charge in [0.1, 0.15) is 5.84 Å². The first kappa shape index (κ1) is 20.3. The van der Waals surface area contributed by atoms with Crippen LogP contribution in [0.1, 0.15) is 46.3 Å². The molecule has 0 radical (unpaired) electrons. The third-order valence-corrected chi connectivity index (χ3v) is 6.65. The molecule has 2 aromatic carbocycles. The van der Waals surface area contributed by atoms with E-state index in [4.69, 9.17) is 4.74 Å². The zero-order valence-corrected chi connectivity index (χ0v) is 17.2. The van der Waals surface area contributed by atoms with Crippen LogP contribution in [-0.2, 0) is 32.4 Å². The van der Waals surface area contributed by atoms with Crippen molar-refractivity contribution >= 4 is 27.6 Å². The molecule has 0 amide bonds. The molecule has 0 spiro atoms. The Morgan fingerprint density at radius 1 is 1.07 bits per heavy atom. The van der Waals surface area contributed by atoms with E-state index in [1.165, 1.54) is 17.2 Å². The summed E-state index contributed by atoms with van der Waals surface area (Å²) in [7, 11) is -3.57. The van der Waals surface area contributed by atoms with Crippen LogP contribution in [0, 0.1) is 0 Å². The summed E-state index contributed by atoms with van der Waals surface area (Å²) in [6.45, 7) is -0.0145. The molecule has 4 rings (SSSR count). The second-order valence-electron chi connectivity index (χ2n) is 7.36. The molecule has 0 saturated heterocycles. The van der Waals surface area contributed by atoms with Gasteiger partial charge in [0, 0.05) is 24.1 Å². The molecular formula is C22H22N2O5S. The van der Waals surface area contributed by atoms with E-state index in [1.807, 2.05) is 12.1 Å². The number of sulfonamides is 1. The lowest BCUT2D eigenvalue weighted by molar-refractivity contribution is -0.142. The number of carbonyl (C=O) groups excluding carboxylic acids is 2. The smallest absolute Gasteiger partial charge is 0.306 e. The lowest BCUT2D eigenvalue weighted by Crippen LogP contribution is -2.22. The molecule has 0 bridgehead atoms. The van der Waals surface area contributed by atoms with E-state index in [0.29, 0.717) is 17.5 Å². The third kappa shape index (κ3) is 4.28. The van der Waals surface area contributed by atoms with Crippen molar-refractivity contribution in [3.05, 3.63) is 64.7 Å². The fraction of sp³-hybridized carbons (Fsp3) is 0.318. The van der Waals surface area contributed by atoms with Gasteiger partial charge in [-0.15, -0.1) is 0 Å². The minimum absolute atomic E-state index is 0.0998. The van der Waals surface area contributed by atoms with Crippen LogP contribution < -0.4 is 4.72 Å². The molecule has 30 heavy (non-hydrogen) atoms. The second kappa shape index (κ2) is 8.39. The molecule has 0 fully saturated rings. The predicted octanol–water partition coefficient (Wildman–Crippen LogP) is 2.42. The number of nitrogens with one attached hydrogen (secondary N) is 1. The largest absolute Gasteiger partial charge is 0.457 e. The fourth-order valence-electron chi connectivity index (χ4n) is 3.71. The number of rotatable bonds is 7. The Labute approximate surface area is 175 Å². The number of ether oxygens (including phenoxy) is 1. The molecule has 0 unspecified atom stereocenters. The topological polar surface area (TPSA) is 102 Å². The number of fused-ring (bicyclic) bond motifs is 2. The van der Waals surface area contributed by atoms with E-state index in [1.54, 1.807) is 24.3 Å². The van der Waals surface area contributed by atoms with Crippen LogP contribution in [0.5, 0.6) is 0 Å². The van der Waals surface area contributed by atoms with Gasteiger partial charge in [-0.3, -0.25) is 19.3 Å². The maximum atomic E-state index is 12.3. The summed E-state index contributed by atoms with van der Waals surface area (Å²) in [6, 6.07) is 12.3. The van der Waals surface area contributed by atoms with E-state index in [2.05, 4.69) is 9.71 Å². The van der Waals surface area contributed by atoms with Crippen molar-refractivity contribution in [1.82, 2.24) is 4.72 Å². The molecule has 0 saturated carbocycles. The van der Waals surface area contributed by atoms with E-state index >= 15 is 0 Å². The zero-order chi connectivity index (χ0) is 21.1.